The van der Waals surface area contributed by atoms with Gasteiger partial charge in [0.1, 0.15) is 17.4 Å². The number of nitrogens with one attached hydrogen (secondary N) is 1. The van der Waals surface area contributed by atoms with Gasteiger partial charge in [-0.2, -0.15) is 0 Å². The summed E-state index contributed by atoms with van der Waals surface area (Å²) in [6.07, 6.45) is 1.56. The molecule has 180 valence electrons. The van der Waals surface area contributed by atoms with Crippen LogP contribution in [-0.4, -0.2) is 22.6 Å². The minimum Gasteiger partial charge on any atom is -0.496 e. The number of amides is 1. The fourth-order valence-electron chi connectivity index (χ4n) is 3.75. The number of carbonyl (C=O) groups is 1. The third-order valence-electron chi connectivity index (χ3n) is 5.61. The van der Waals surface area contributed by atoms with Crippen LogP contribution in [0.25, 0.3) is 0 Å². The van der Waals surface area contributed by atoms with E-state index in [0.717, 1.165) is 6.42 Å². The number of halogens is 1. The van der Waals surface area contributed by atoms with Crippen molar-refractivity contribution in [3.05, 3.63) is 86.3 Å². The van der Waals surface area contributed by atoms with E-state index in [0.29, 0.717) is 29.8 Å². The fraction of sp³-hybridized carbons (Fsp3) is 0.320. The van der Waals surface area contributed by atoms with Gasteiger partial charge in [0.25, 0.3) is 5.56 Å². The molecule has 0 aliphatic rings. The molecule has 0 unspecified atom stereocenters. The summed E-state index contributed by atoms with van der Waals surface area (Å²) in [6, 6.07) is 13.3. The summed E-state index contributed by atoms with van der Waals surface area (Å²) < 4.78 is 20.8. The van der Waals surface area contributed by atoms with Crippen LogP contribution < -0.4 is 26.6 Å². The lowest BCUT2D eigenvalue weighted by molar-refractivity contribution is -0.118. The summed E-state index contributed by atoms with van der Waals surface area (Å²) in [7, 11) is 1.51. The number of para-hydroxylation sites is 1. The third-order valence-corrected chi connectivity index (χ3v) is 5.61. The average Bonchev–Trinajstić information content (AvgIpc) is 2.82. The van der Waals surface area contributed by atoms with Crippen LogP contribution in [0.1, 0.15) is 37.3 Å². The molecule has 0 saturated heterocycles. The molecule has 3 N–H and O–H groups in total. The molecule has 0 fully saturated rings. The predicted molar refractivity (Wildman–Crippen MR) is 130 cm³/mol. The third kappa shape index (κ3) is 5.54. The van der Waals surface area contributed by atoms with Crippen LogP contribution in [0, 0.1) is 5.82 Å². The van der Waals surface area contributed by atoms with Gasteiger partial charge < -0.3 is 10.5 Å². The van der Waals surface area contributed by atoms with Crippen molar-refractivity contribution in [3.63, 3.8) is 0 Å². The van der Waals surface area contributed by atoms with Gasteiger partial charge in [-0.25, -0.2) is 9.18 Å². The lowest BCUT2D eigenvalue weighted by Crippen LogP contribution is -2.41. The molecule has 2 aromatic carbocycles. The second-order valence-electron chi connectivity index (χ2n) is 7.88. The second-order valence-corrected chi connectivity index (χ2v) is 7.88. The maximum absolute atomic E-state index is 14.1. The highest BCUT2D eigenvalue weighted by Gasteiger charge is 2.25. The van der Waals surface area contributed by atoms with E-state index in [4.69, 9.17) is 10.5 Å². The van der Waals surface area contributed by atoms with Crippen LogP contribution in [0.5, 0.6) is 5.75 Å². The van der Waals surface area contributed by atoms with Gasteiger partial charge in [0.15, 0.2) is 5.69 Å². The molecule has 1 aromatic heterocycles. The molecule has 0 radical (unpaired) electrons. The van der Waals surface area contributed by atoms with Gasteiger partial charge in [-0.3, -0.25) is 24.0 Å². The lowest BCUT2D eigenvalue weighted by atomic mass is 10.1. The molecule has 9 heteroatoms. The molecule has 0 saturated carbocycles. The highest BCUT2D eigenvalue weighted by molar-refractivity contribution is 5.95. The van der Waals surface area contributed by atoms with Crippen molar-refractivity contribution in [2.45, 2.75) is 45.7 Å². The van der Waals surface area contributed by atoms with Crippen molar-refractivity contribution in [1.29, 1.82) is 0 Å². The van der Waals surface area contributed by atoms with E-state index in [1.165, 1.54) is 22.6 Å². The molecule has 3 aromatic rings. The predicted octanol–water partition coefficient (Wildman–Crippen LogP) is 3.23. The number of methoxy groups -OCH3 is 1. The summed E-state index contributed by atoms with van der Waals surface area (Å²) in [6.45, 7) is 2.25. The first-order chi connectivity index (χ1) is 16.4. The van der Waals surface area contributed by atoms with E-state index in [1.54, 1.807) is 42.5 Å². The van der Waals surface area contributed by atoms with E-state index in [-0.39, 0.29) is 30.9 Å². The monoisotopic (exact) mass is 468 g/mol. The van der Waals surface area contributed by atoms with Gasteiger partial charge in [0, 0.05) is 18.5 Å². The Morgan fingerprint density at radius 3 is 2.47 bits per heavy atom. The number of aromatic nitrogens is 2. The number of nitrogens with two attached hydrogens (primary N) is 1. The number of H-pyrrole nitrogens is 1. The van der Waals surface area contributed by atoms with E-state index < -0.39 is 23.0 Å². The van der Waals surface area contributed by atoms with Crippen LogP contribution in [-0.2, 0) is 24.3 Å². The van der Waals surface area contributed by atoms with Gasteiger partial charge in [-0.15, -0.1) is 0 Å². The zero-order valence-electron chi connectivity index (χ0n) is 19.3. The molecule has 8 nitrogen and oxygen atoms in total. The molecule has 1 amide bonds. The zero-order chi connectivity index (χ0) is 24.7. The molecule has 1 heterocycles. The average molecular weight is 469 g/mol. The topological polar surface area (TPSA) is 110 Å². The number of aromatic amines is 1. The van der Waals surface area contributed by atoms with Crippen molar-refractivity contribution in [1.82, 2.24) is 9.55 Å². The first kappa shape index (κ1) is 24.8. The van der Waals surface area contributed by atoms with Crippen LogP contribution in [0.3, 0.4) is 0 Å². The number of rotatable bonds is 10. The summed E-state index contributed by atoms with van der Waals surface area (Å²) in [5, 5.41) is 0. The summed E-state index contributed by atoms with van der Waals surface area (Å²) in [5.41, 5.74) is 5.82. The first-order valence-corrected chi connectivity index (χ1v) is 11.2. The lowest BCUT2D eigenvalue weighted by Gasteiger charge is -2.25. The molecule has 0 atom stereocenters. The number of unbranched alkanes of at least 4 members (excludes halogenated alkanes) is 1. The Kier molecular flexibility index (Phi) is 8.24. The normalized spacial score (nSPS) is 10.8. The minimum atomic E-state index is -0.760. The molecule has 0 spiro atoms. The van der Waals surface area contributed by atoms with Gasteiger partial charge in [-0.05, 0) is 30.5 Å². The molecular weight excluding hydrogens is 439 g/mol. The SMILES string of the molecule is CCCCn1c(N)c(N(Cc2ccccc2OC)C(=O)CCc2ccccc2F)c(=O)[nH]c1=O. The van der Waals surface area contributed by atoms with E-state index >= 15 is 0 Å². The summed E-state index contributed by atoms with van der Waals surface area (Å²) in [4.78, 5) is 42.2. The summed E-state index contributed by atoms with van der Waals surface area (Å²) in [5.74, 6) is -0.399. The maximum Gasteiger partial charge on any atom is 0.330 e. The van der Waals surface area contributed by atoms with Gasteiger partial charge in [-0.1, -0.05) is 49.7 Å². The van der Waals surface area contributed by atoms with Crippen molar-refractivity contribution < 1.29 is 13.9 Å². The number of nitrogen functional groups attached to an aromatic ring is 1. The van der Waals surface area contributed by atoms with Crippen LogP contribution in [0.4, 0.5) is 15.9 Å². The smallest absolute Gasteiger partial charge is 0.330 e. The van der Waals surface area contributed by atoms with Gasteiger partial charge in [0.2, 0.25) is 5.91 Å². The standard InChI is InChI=1S/C25H29FN4O4/c1-3-4-15-29-23(27)22(24(32)28-25(29)33)30(16-18-10-6-8-12-20(18)34-2)21(31)14-13-17-9-5-7-11-19(17)26/h5-12H,3-4,13-16,27H2,1-2H3,(H,28,32,33). The fourth-order valence-corrected chi connectivity index (χ4v) is 3.75. The van der Waals surface area contributed by atoms with Crippen molar-refractivity contribution in [3.8, 4) is 5.75 Å². The molecule has 0 bridgehead atoms. The van der Waals surface area contributed by atoms with Gasteiger partial charge in [0.05, 0.1) is 13.7 Å². The molecular formula is C25H29FN4O4. The minimum absolute atomic E-state index is 0.0145. The van der Waals surface area contributed by atoms with Crippen molar-refractivity contribution in [2.75, 3.05) is 17.7 Å². The van der Waals surface area contributed by atoms with Gasteiger partial charge >= 0.3 is 5.69 Å². The zero-order valence-corrected chi connectivity index (χ0v) is 19.3. The number of anilines is 2. The number of aryl methyl sites for hydroxylation is 1. The van der Waals surface area contributed by atoms with E-state index in [2.05, 4.69) is 4.98 Å². The highest BCUT2D eigenvalue weighted by atomic mass is 19.1. The number of carbonyl (C=O) groups excluding carboxylic acids is 1. The molecule has 3 rings (SSSR count). The van der Waals surface area contributed by atoms with Crippen LogP contribution in [0.15, 0.2) is 58.1 Å². The van der Waals surface area contributed by atoms with Crippen molar-refractivity contribution in [2.24, 2.45) is 0 Å². The Hall–Kier alpha value is -3.88. The second kappa shape index (κ2) is 11.3. The Balaban J connectivity index is 2.04. The Bertz CT molecular complexity index is 1270. The summed E-state index contributed by atoms with van der Waals surface area (Å²) >= 11 is 0. The van der Waals surface area contributed by atoms with Crippen molar-refractivity contribution >= 4 is 17.4 Å². The largest absolute Gasteiger partial charge is 0.496 e. The number of nitrogens with zero attached hydrogens (tertiary/aromatic N) is 2. The first-order valence-electron chi connectivity index (χ1n) is 11.2. The maximum atomic E-state index is 14.1. The highest BCUT2D eigenvalue weighted by Crippen LogP contribution is 2.25. The van der Waals surface area contributed by atoms with Crippen LogP contribution in [0.2, 0.25) is 0 Å². The van der Waals surface area contributed by atoms with E-state index in [1.807, 2.05) is 6.92 Å². The Morgan fingerprint density at radius 1 is 1.12 bits per heavy atom. The Morgan fingerprint density at radius 2 is 1.79 bits per heavy atom. The molecule has 0 aliphatic heterocycles. The van der Waals surface area contributed by atoms with Crippen LogP contribution >= 0.6 is 0 Å². The molecule has 0 aliphatic carbocycles. The van der Waals surface area contributed by atoms with E-state index in [9.17, 15) is 18.8 Å². The number of benzene rings is 2. The number of hydrogen-bond donors (Lipinski definition) is 2. The quantitative estimate of drug-likeness (QED) is 0.475. The molecule has 34 heavy (non-hydrogen) atoms. The number of hydrogen-bond acceptors (Lipinski definition) is 5. The number of ether oxygens (including phenoxy) is 1. The Labute approximate surface area is 196 Å².